The number of hydrogen-bond donors (Lipinski definition) is 2. The molecule has 8 heteroatoms. The molecule has 3 N–H and O–H groups in total. The zero-order chi connectivity index (χ0) is 19.6. The number of allylic oxidation sites excluding steroid dienone is 4. The molecule has 0 atom stereocenters. The molecular weight excluding hydrogens is 350 g/mol. The second-order valence-corrected chi connectivity index (χ2v) is 6.19. The molecular formula is C19H19N3O5. The summed E-state index contributed by atoms with van der Waals surface area (Å²) in [6, 6.07) is 1.70. The van der Waals surface area contributed by atoms with Crippen LogP contribution in [0.2, 0.25) is 0 Å². The number of carboxylic acid groups (broad SMARTS) is 1. The maximum atomic E-state index is 12.5. The highest BCUT2D eigenvalue weighted by atomic mass is 16.5. The molecule has 0 unspecified atom stereocenters. The van der Waals surface area contributed by atoms with Crippen molar-refractivity contribution >= 4 is 28.6 Å². The van der Waals surface area contributed by atoms with Crippen LogP contribution in [0, 0.1) is 6.92 Å². The van der Waals surface area contributed by atoms with Gasteiger partial charge >= 0.3 is 5.97 Å². The maximum absolute atomic E-state index is 12.5. The Kier molecular flexibility index (Phi) is 5.07. The average Bonchev–Trinajstić information content (AvgIpc) is 2.92. The molecule has 0 saturated carbocycles. The number of primary amides is 1. The molecule has 0 aliphatic heterocycles. The van der Waals surface area contributed by atoms with E-state index >= 15 is 0 Å². The van der Waals surface area contributed by atoms with Gasteiger partial charge in [-0.2, -0.15) is 0 Å². The van der Waals surface area contributed by atoms with Crippen LogP contribution >= 0.6 is 0 Å². The third-order valence-corrected chi connectivity index (χ3v) is 4.40. The van der Waals surface area contributed by atoms with Crippen molar-refractivity contribution in [2.24, 2.45) is 5.73 Å². The summed E-state index contributed by atoms with van der Waals surface area (Å²) >= 11 is 0. The molecule has 1 aliphatic carbocycles. The second-order valence-electron chi connectivity index (χ2n) is 6.19. The molecule has 140 valence electrons. The number of hydrogen-bond acceptors (Lipinski definition) is 5. The molecule has 1 aliphatic rings. The zero-order valence-electron chi connectivity index (χ0n) is 14.8. The Bertz CT molecular complexity index is 1000. The third kappa shape index (κ3) is 3.59. The largest absolute Gasteiger partial charge is 0.479 e. The number of carboxylic acids is 1. The Morgan fingerprint density at radius 3 is 2.74 bits per heavy atom. The predicted molar refractivity (Wildman–Crippen MR) is 97.6 cm³/mol. The Morgan fingerprint density at radius 2 is 2.11 bits per heavy atom. The molecule has 0 saturated heterocycles. The lowest BCUT2D eigenvalue weighted by molar-refractivity contribution is -0.139. The van der Waals surface area contributed by atoms with E-state index in [2.05, 4.69) is 17.1 Å². The van der Waals surface area contributed by atoms with E-state index < -0.39 is 24.3 Å². The van der Waals surface area contributed by atoms with E-state index in [-0.39, 0.29) is 11.4 Å². The van der Waals surface area contributed by atoms with Gasteiger partial charge in [-0.05, 0) is 31.4 Å². The first-order valence-corrected chi connectivity index (χ1v) is 8.42. The standard InChI is InChI=1S/C19H19N3O5/c1-11-15(17(25)18(20)26)16-13(7-8-21-19(16)27-10-14(23)24)22(11)9-12-5-3-2-4-6-12/h3,5-8H,2,4,9-10H2,1H3,(H2,20,26)(H,23,24). The van der Waals surface area contributed by atoms with Crippen molar-refractivity contribution < 1.29 is 24.2 Å². The molecule has 27 heavy (non-hydrogen) atoms. The highest BCUT2D eigenvalue weighted by Crippen LogP contribution is 2.33. The number of ketones is 1. The van der Waals surface area contributed by atoms with Crippen LogP contribution in [-0.4, -0.2) is 38.9 Å². The monoisotopic (exact) mass is 369 g/mol. The smallest absolute Gasteiger partial charge is 0.341 e. The van der Waals surface area contributed by atoms with Crippen LogP contribution in [0.4, 0.5) is 0 Å². The summed E-state index contributed by atoms with van der Waals surface area (Å²) in [4.78, 5) is 38.9. The fourth-order valence-electron chi connectivity index (χ4n) is 3.20. The molecule has 1 amide bonds. The molecule has 0 fully saturated rings. The van der Waals surface area contributed by atoms with Crippen LogP contribution in [0.25, 0.3) is 10.9 Å². The minimum atomic E-state index is -1.18. The summed E-state index contributed by atoms with van der Waals surface area (Å²) in [5, 5.41) is 9.17. The van der Waals surface area contributed by atoms with Crippen LogP contribution in [0.15, 0.2) is 36.1 Å². The quantitative estimate of drug-likeness (QED) is 0.566. The molecule has 0 radical (unpaired) electrons. The number of fused-ring (bicyclic) bond motifs is 1. The SMILES string of the molecule is Cc1c(C(=O)C(N)=O)c2c(OCC(=O)O)nccc2n1CC1=CCCC=C1. The summed E-state index contributed by atoms with van der Waals surface area (Å²) in [6.45, 7) is 1.59. The van der Waals surface area contributed by atoms with E-state index in [9.17, 15) is 14.4 Å². The van der Waals surface area contributed by atoms with Gasteiger partial charge in [0, 0.05) is 18.4 Å². The summed E-state index contributed by atoms with van der Waals surface area (Å²) in [5.74, 6) is -3.15. The van der Waals surface area contributed by atoms with Gasteiger partial charge in [0.05, 0.1) is 16.5 Å². The second kappa shape index (κ2) is 7.45. The fraction of sp³-hybridized carbons (Fsp3) is 0.263. The van der Waals surface area contributed by atoms with Crippen molar-refractivity contribution in [2.45, 2.75) is 26.3 Å². The number of rotatable bonds is 7. The molecule has 8 nitrogen and oxygen atoms in total. The topological polar surface area (TPSA) is 125 Å². The summed E-state index contributed by atoms with van der Waals surface area (Å²) in [7, 11) is 0. The number of aromatic nitrogens is 2. The van der Waals surface area contributed by atoms with Crippen LogP contribution in [0.5, 0.6) is 5.88 Å². The molecule has 2 aromatic rings. The van der Waals surface area contributed by atoms with Gasteiger partial charge < -0.3 is 20.1 Å². The molecule has 0 aromatic carbocycles. The third-order valence-electron chi connectivity index (χ3n) is 4.40. The normalized spacial score (nSPS) is 13.4. The van der Waals surface area contributed by atoms with E-state index in [1.165, 1.54) is 6.20 Å². The highest BCUT2D eigenvalue weighted by Gasteiger charge is 2.27. The summed E-state index contributed by atoms with van der Waals surface area (Å²) in [6.07, 6.45) is 9.61. The van der Waals surface area contributed by atoms with Crippen molar-refractivity contribution in [1.82, 2.24) is 9.55 Å². The van der Waals surface area contributed by atoms with Crippen LogP contribution in [0.3, 0.4) is 0 Å². The van der Waals surface area contributed by atoms with Gasteiger partial charge in [0.2, 0.25) is 5.88 Å². The van der Waals surface area contributed by atoms with Crippen LogP contribution in [-0.2, 0) is 16.1 Å². The Balaban J connectivity index is 2.19. The number of Topliss-reactive ketones (excluding diaryl/α,β-unsaturated/α-hetero) is 1. The Morgan fingerprint density at radius 1 is 1.33 bits per heavy atom. The van der Waals surface area contributed by atoms with E-state index in [1.54, 1.807) is 13.0 Å². The molecule has 3 rings (SSSR count). The molecule has 0 bridgehead atoms. The molecule has 0 spiro atoms. The first-order chi connectivity index (χ1) is 12.9. The number of aliphatic carboxylic acids is 1. The lowest BCUT2D eigenvalue weighted by Crippen LogP contribution is -2.24. The summed E-state index contributed by atoms with van der Waals surface area (Å²) < 4.78 is 7.13. The number of amides is 1. The van der Waals surface area contributed by atoms with E-state index in [0.717, 1.165) is 18.4 Å². The Labute approximate surface area is 154 Å². The van der Waals surface area contributed by atoms with Gasteiger partial charge in [-0.3, -0.25) is 9.59 Å². The highest BCUT2D eigenvalue weighted by molar-refractivity contribution is 6.45. The van der Waals surface area contributed by atoms with Gasteiger partial charge in [0.15, 0.2) is 6.61 Å². The zero-order valence-corrected chi connectivity index (χ0v) is 14.8. The van der Waals surface area contributed by atoms with Crippen molar-refractivity contribution in [3.05, 3.63) is 47.3 Å². The number of nitrogens with zero attached hydrogens (tertiary/aromatic N) is 2. The predicted octanol–water partition coefficient (Wildman–Crippen LogP) is 1.75. The molecule has 2 heterocycles. The van der Waals surface area contributed by atoms with E-state index in [0.29, 0.717) is 23.1 Å². The van der Waals surface area contributed by atoms with Gasteiger partial charge in [-0.25, -0.2) is 9.78 Å². The molecule has 2 aromatic heterocycles. The minimum absolute atomic E-state index is 0.0190. The van der Waals surface area contributed by atoms with Crippen molar-refractivity contribution in [1.29, 1.82) is 0 Å². The fourth-order valence-corrected chi connectivity index (χ4v) is 3.20. The van der Waals surface area contributed by atoms with Crippen molar-refractivity contribution in [3.63, 3.8) is 0 Å². The Hall–Kier alpha value is -3.42. The minimum Gasteiger partial charge on any atom is -0.479 e. The lowest BCUT2D eigenvalue weighted by Gasteiger charge is -2.12. The van der Waals surface area contributed by atoms with Crippen LogP contribution < -0.4 is 10.5 Å². The van der Waals surface area contributed by atoms with Crippen molar-refractivity contribution in [3.8, 4) is 5.88 Å². The first kappa shape index (κ1) is 18.4. The van der Waals surface area contributed by atoms with E-state index in [1.807, 2.05) is 10.6 Å². The maximum Gasteiger partial charge on any atom is 0.341 e. The van der Waals surface area contributed by atoms with Gasteiger partial charge in [-0.1, -0.05) is 18.2 Å². The first-order valence-electron chi connectivity index (χ1n) is 8.42. The lowest BCUT2D eigenvalue weighted by atomic mass is 10.1. The number of nitrogens with two attached hydrogens (primary N) is 1. The number of carbonyl (C=O) groups excluding carboxylic acids is 2. The van der Waals surface area contributed by atoms with Gasteiger partial charge in [0.25, 0.3) is 11.7 Å². The van der Waals surface area contributed by atoms with Gasteiger partial charge in [0.1, 0.15) is 0 Å². The van der Waals surface area contributed by atoms with Gasteiger partial charge in [-0.15, -0.1) is 0 Å². The number of pyridine rings is 1. The average molecular weight is 369 g/mol. The summed E-state index contributed by atoms with van der Waals surface area (Å²) in [5.41, 5.74) is 7.54. The van der Waals surface area contributed by atoms with Crippen LogP contribution in [0.1, 0.15) is 28.9 Å². The number of ether oxygens (including phenoxy) is 1. The van der Waals surface area contributed by atoms with Crippen molar-refractivity contribution in [2.75, 3.05) is 6.61 Å². The number of carbonyl (C=O) groups is 3. The van der Waals surface area contributed by atoms with E-state index in [4.69, 9.17) is 15.6 Å².